The van der Waals surface area contributed by atoms with Crippen LogP contribution in [0.2, 0.25) is 0 Å². The molecule has 0 radical (unpaired) electrons. The summed E-state index contributed by atoms with van der Waals surface area (Å²) in [6.07, 6.45) is 4.29. The topological polar surface area (TPSA) is 88.5 Å². The van der Waals surface area contributed by atoms with Crippen LogP contribution in [0.1, 0.15) is 46.8 Å². The van der Waals surface area contributed by atoms with Gasteiger partial charge in [-0.25, -0.2) is 4.98 Å². The molecule has 0 saturated heterocycles. The van der Waals surface area contributed by atoms with Gasteiger partial charge in [-0.3, -0.25) is 14.9 Å². The fourth-order valence-corrected chi connectivity index (χ4v) is 3.34. The predicted octanol–water partition coefficient (Wildman–Crippen LogP) is 3.39. The normalized spacial score (nSPS) is 12.2. The van der Waals surface area contributed by atoms with Gasteiger partial charge in [0.2, 0.25) is 0 Å². The second-order valence-electron chi connectivity index (χ2n) is 6.78. The summed E-state index contributed by atoms with van der Waals surface area (Å²) in [5, 5.41) is 10.2. The Morgan fingerprint density at radius 2 is 2.07 bits per heavy atom. The summed E-state index contributed by atoms with van der Waals surface area (Å²) in [5.41, 5.74) is 5.14. The van der Waals surface area contributed by atoms with Gasteiger partial charge in [0.1, 0.15) is 5.69 Å². The second kappa shape index (κ2) is 7.64. The van der Waals surface area contributed by atoms with Gasteiger partial charge in [0.25, 0.3) is 5.91 Å². The van der Waals surface area contributed by atoms with E-state index in [0.717, 1.165) is 34.4 Å². The molecule has 0 aliphatic carbocycles. The molecule has 2 N–H and O–H groups in total. The molecule has 3 heterocycles. The molecule has 0 aliphatic rings. The minimum atomic E-state index is -0.213. The van der Waals surface area contributed by atoms with E-state index in [1.165, 1.54) is 0 Å². The Kier molecular flexibility index (Phi) is 4.89. The van der Waals surface area contributed by atoms with Gasteiger partial charge in [-0.1, -0.05) is 25.1 Å². The van der Waals surface area contributed by atoms with Crippen molar-refractivity contribution in [1.82, 2.24) is 30.0 Å². The highest BCUT2D eigenvalue weighted by Gasteiger charge is 2.19. The van der Waals surface area contributed by atoms with Crippen molar-refractivity contribution in [2.24, 2.45) is 0 Å². The monoisotopic (exact) mass is 374 g/mol. The fraction of sp³-hybridized carbons (Fsp3) is 0.238. The van der Waals surface area contributed by atoms with Gasteiger partial charge in [-0.2, -0.15) is 5.10 Å². The highest BCUT2D eigenvalue weighted by molar-refractivity contribution is 5.92. The Morgan fingerprint density at radius 1 is 1.21 bits per heavy atom. The lowest BCUT2D eigenvalue weighted by Crippen LogP contribution is -2.29. The van der Waals surface area contributed by atoms with Gasteiger partial charge in [0, 0.05) is 6.20 Å². The zero-order valence-corrected chi connectivity index (χ0v) is 15.9. The Bertz CT molecular complexity index is 1110. The predicted molar refractivity (Wildman–Crippen MR) is 107 cm³/mol. The largest absolute Gasteiger partial charge is 0.342 e. The van der Waals surface area contributed by atoms with Crippen LogP contribution in [0.15, 0.2) is 55.0 Å². The summed E-state index contributed by atoms with van der Waals surface area (Å²) in [4.78, 5) is 21.5. The Hall–Kier alpha value is -3.48. The minimum Gasteiger partial charge on any atom is -0.342 e. The van der Waals surface area contributed by atoms with Crippen LogP contribution in [0.3, 0.4) is 0 Å². The number of para-hydroxylation sites is 2. The summed E-state index contributed by atoms with van der Waals surface area (Å²) < 4.78 is 2.02. The lowest BCUT2D eigenvalue weighted by Gasteiger charge is -2.17. The van der Waals surface area contributed by atoms with Crippen molar-refractivity contribution in [3.63, 3.8) is 0 Å². The van der Waals surface area contributed by atoms with Crippen LogP contribution in [0.25, 0.3) is 11.0 Å². The summed E-state index contributed by atoms with van der Waals surface area (Å²) in [7, 11) is 0. The van der Waals surface area contributed by atoms with Crippen LogP contribution >= 0.6 is 0 Å². The van der Waals surface area contributed by atoms with Gasteiger partial charge in [-0.05, 0) is 43.2 Å². The van der Waals surface area contributed by atoms with E-state index >= 15 is 0 Å². The van der Waals surface area contributed by atoms with Crippen LogP contribution < -0.4 is 5.32 Å². The lowest BCUT2D eigenvalue weighted by molar-refractivity contribution is 0.0929. The van der Waals surface area contributed by atoms with E-state index < -0.39 is 0 Å². The van der Waals surface area contributed by atoms with E-state index in [4.69, 9.17) is 0 Å². The molecular formula is C21H22N6O. The van der Waals surface area contributed by atoms with Crippen molar-refractivity contribution < 1.29 is 4.79 Å². The van der Waals surface area contributed by atoms with Gasteiger partial charge < -0.3 is 9.88 Å². The molecule has 0 saturated carbocycles. The summed E-state index contributed by atoms with van der Waals surface area (Å²) in [6, 6.07) is 13.5. The number of nitrogens with zero attached hydrogens (tertiary/aromatic N) is 4. The SMILES string of the molecule is CCC(NC(=O)c1cc(Cn2cnc3ccccc32)[nH]n1)c1ncccc1C. The number of hydrogen-bond acceptors (Lipinski definition) is 4. The van der Waals surface area contributed by atoms with Crippen LogP contribution in [0.5, 0.6) is 0 Å². The third-order valence-corrected chi connectivity index (χ3v) is 4.83. The highest BCUT2D eigenvalue weighted by Crippen LogP contribution is 2.19. The van der Waals surface area contributed by atoms with Gasteiger partial charge in [-0.15, -0.1) is 0 Å². The molecule has 142 valence electrons. The number of carbonyl (C=O) groups excluding carboxylic acids is 1. The van der Waals surface area contributed by atoms with Crippen molar-refractivity contribution in [2.45, 2.75) is 32.9 Å². The third kappa shape index (κ3) is 3.51. The number of benzene rings is 1. The number of hydrogen-bond donors (Lipinski definition) is 2. The summed E-state index contributed by atoms with van der Waals surface area (Å²) in [6.45, 7) is 4.59. The quantitative estimate of drug-likeness (QED) is 0.541. The molecule has 0 fully saturated rings. The number of aromatic amines is 1. The summed E-state index contributed by atoms with van der Waals surface area (Å²) >= 11 is 0. The molecule has 4 rings (SSSR count). The second-order valence-corrected chi connectivity index (χ2v) is 6.78. The van der Waals surface area contributed by atoms with Crippen molar-refractivity contribution in [1.29, 1.82) is 0 Å². The summed E-state index contributed by atoms with van der Waals surface area (Å²) in [5.74, 6) is -0.213. The standard InChI is InChI=1S/C21H22N6O/c1-3-16(20-14(2)7-6-10-22-20)24-21(28)18-11-15(25-26-18)12-27-13-23-17-8-4-5-9-19(17)27/h4-11,13,16H,3,12H2,1-2H3,(H,24,28)(H,25,26). The molecule has 7 nitrogen and oxygen atoms in total. The molecule has 1 amide bonds. The number of aryl methyl sites for hydroxylation is 1. The van der Waals surface area contributed by atoms with Crippen LogP contribution in [-0.4, -0.2) is 30.6 Å². The third-order valence-electron chi connectivity index (χ3n) is 4.83. The lowest BCUT2D eigenvalue weighted by atomic mass is 10.1. The highest BCUT2D eigenvalue weighted by atomic mass is 16.2. The molecule has 1 unspecified atom stereocenters. The van der Waals surface area contributed by atoms with Crippen molar-refractivity contribution >= 4 is 16.9 Å². The number of rotatable bonds is 6. The number of H-pyrrole nitrogens is 1. The molecular weight excluding hydrogens is 352 g/mol. The molecule has 4 aromatic rings. The van der Waals surface area contributed by atoms with Crippen LogP contribution in [0, 0.1) is 6.92 Å². The Balaban J connectivity index is 1.49. The van der Waals surface area contributed by atoms with E-state index in [9.17, 15) is 4.79 Å². The fourth-order valence-electron chi connectivity index (χ4n) is 3.34. The number of carbonyl (C=O) groups is 1. The molecule has 0 aliphatic heterocycles. The van der Waals surface area contributed by atoms with Gasteiger partial charge in [0.15, 0.2) is 0 Å². The van der Waals surface area contributed by atoms with Crippen molar-refractivity contribution in [3.8, 4) is 0 Å². The van der Waals surface area contributed by atoms with E-state index in [-0.39, 0.29) is 11.9 Å². The average Bonchev–Trinajstić information content (AvgIpc) is 3.35. The van der Waals surface area contributed by atoms with Crippen molar-refractivity contribution in [3.05, 3.63) is 77.6 Å². The maximum Gasteiger partial charge on any atom is 0.272 e. The zero-order valence-electron chi connectivity index (χ0n) is 15.9. The number of amides is 1. The molecule has 7 heteroatoms. The van der Waals surface area contributed by atoms with Crippen LogP contribution in [-0.2, 0) is 6.54 Å². The zero-order chi connectivity index (χ0) is 19.5. The molecule has 28 heavy (non-hydrogen) atoms. The first-order valence-electron chi connectivity index (χ1n) is 9.32. The first-order chi connectivity index (χ1) is 13.7. The molecule has 0 bridgehead atoms. The molecule has 3 aromatic heterocycles. The first kappa shape index (κ1) is 17.9. The van der Waals surface area contributed by atoms with Gasteiger partial charge >= 0.3 is 0 Å². The van der Waals surface area contributed by atoms with Gasteiger partial charge in [0.05, 0.1) is 41.3 Å². The first-order valence-corrected chi connectivity index (χ1v) is 9.32. The van der Waals surface area contributed by atoms with E-state index in [0.29, 0.717) is 12.2 Å². The average molecular weight is 374 g/mol. The van der Waals surface area contributed by atoms with E-state index in [2.05, 4.69) is 25.5 Å². The number of aromatic nitrogens is 5. The maximum absolute atomic E-state index is 12.7. The number of nitrogens with one attached hydrogen (secondary N) is 2. The maximum atomic E-state index is 12.7. The molecule has 1 aromatic carbocycles. The molecule has 0 spiro atoms. The van der Waals surface area contributed by atoms with Crippen LogP contribution in [0.4, 0.5) is 0 Å². The van der Waals surface area contributed by atoms with E-state index in [1.807, 2.05) is 54.8 Å². The Labute approximate surface area is 162 Å². The van der Waals surface area contributed by atoms with Crippen molar-refractivity contribution in [2.75, 3.05) is 0 Å². The number of pyridine rings is 1. The minimum absolute atomic E-state index is 0.147. The Morgan fingerprint density at radius 3 is 2.89 bits per heavy atom. The molecule has 1 atom stereocenters. The smallest absolute Gasteiger partial charge is 0.272 e. The number of imidazole rings is 1. The number of fused-ring (bicyclic) bond motifs is 1. The van der Waals surface area contributed by atoms with E-state index in [1.54, 1.807) is 18.6 Å².